The second kappa shape index (κ2) is 8.03. The first-order valence-corrected chi connectivity index (χ1v) is 10.4. The van der Waals surface area contributed by atoms with Gasteiger partial charge in [0.2, 0.25) is 0 Å². The number of fused-ring (bicyclic) bond motifs is 1. The summed E-state index contributed by atoms with van der Waals surface area (Å²) >= 11 is 0. The quantitative estimate of drug-likeness (QED) is 0.496. The number of nitrogens with one attached hydrogen (secondary N) is 1. The molecule has 2 aromatic heterocycles. The third kappa shape index (κ3) is 3.73. The Kier molecular flexibility index (Phi) is 4.95. The van der Waals surface area contributed by atoms with Gasteiger partial charge in [0.1, 0.15) is 12.7 Å². The van der Waals surface area contributed by atoms with E-state index in [-0.39, 0.29) is 0 Å². The molecule has 0 amide bonds. The number of hydrogen-bond acceptors (Lipinski definition) is 4. The van der Waals surface area contributed by atoms with E-state index in [0.717, 1.165) is 22.7 Å². The summed E-state index contributed by atoms with van der Waals surface area (Å²) < 4.78 is 2.04. The molecule has 0 atom stereocenters. The van der Waals surface area contributed by atoms with Crippen LogP contribution in [0.15, 0.2) is 67.3 Å². The molecule has 0 saturated heterocycles. The maximum Gasteiger partial charge on any atom is 0.170 e. The van der Waals surface area contributed by atoms with Crippen molar-refractivity contribution in [2.45, 2.75) is 44.6 Å². The minimum atomic E-state index is 0.704. The fourth-order valence-electron chi connectivity index (χ4n) is 4.28. The summed E-state index contributed by atoms with van der Waals surface area (Å²) in [5.41, 5.74) is 5.36. The zero-order valence-corrected chi connectivity index (χ0v) is 16.5. The Hall–Kier alpha value is -3.21. The summed E-state index contributed by atoms with van der Waals surface area (Å²) in [6.45, 7) is 0.704. The summed E-state index contributed by atoms with van der Waals surface area (Å²) in [5, 5.41) is 3.39. The maximum atomic E-state index is 4.60. The van der Waals surface area contributed by atoms with Crippen molar-refractivity contribution in [1.82, 2.24) is 19.5 Å². The Morgan fingerprint density at radius 1 is 0.862 bits per heavy atom. The zero-order chi connectivity index (χ0) is 19.5. The Bertz CT molecular complexity index is 1080. The van der Waals surface area contributed by atoms with Crippen LogP contribution in [0.3, 0.4) is 0 Å². The molecule has 1 aliphatic rings. The highest BCUT2D eigenvalue weighted by Gasteiger charge is 2.16. The van der Waals surface area contributed by atoms with Crippen LogP contribution in [0.5, 0.6) is 0 Å². The minimum Gasteiger partial charge on any atom is -0.364 e. The van der Waals surface area contributed by atoms with Crippen molar-refractivity contribution in [2.24, 2.45) is 0 Å². The lowest BCUT2D eigenvalue weighted by molar-refractivity contribution is 0.443. The van der Waals surface area contributed by atoms with E-state index in [0.29, 0.717) is 12.5 Å². The molecule has 2 heterocycles. The predicted octanol–water partition coefficient (Wildman–Crippen LogP) is 5.48. The molecule has 0 bridgehead atoms. The molecule has 146 valence electrons. The van der Waals surface area contributed by atoms with Crippen molar-refractivity contribution in [2.75, 3.05) is 5.32 Å². The van der Waals surface area contributed by atoms with Crippen LogP contribution >= 0.6 is 0 Å². The first kappa shape index (κ1) is 17.9. The van der Waals surface area contributed by atoms with Gasteiger partial charge in [0.05, 0.1) is 0 Å². The van der Waals surface area contributed by atoms with Crippen LogP contribution in [0.1, 0.15) is 49.1 Å². The van der Waals surface area contributed by atoms with Gasteiger partial charge in [-0.25, -0.2) is 15.0 Å². The van der Waals surface area contributed by atoms with Crippen LogP contribution in [-0.4, -0.2) is 19.5 Å². The molecule has 0 spiro atoms. The standard InChI is InChI=1S/C24H25N5/c1-3-7-18(8-4-1)15-25-23-22-24(27-16-26-23)29(17-28-22)21-13-11-20(12-14-21)19-9-5-2-6-10-19/h1,3-4,7-8,11-14,16-17,19H,2,5-6,9-10,15H2,(H,25,26,27). The predicted molar refractivity (Wildman–Crippen MR) is 116 cm³/mol. The van der Waals surface area contributed by atoms with Gasteiger partial charge in [0.15, 0.2) is 17.0 Å². The monoisotopic (exact) mass is 383 g/mol. The number of imidazole rings is 1. The number of aromatic nitrogens is 4. The van der Waals surface area contributed by atoms with Crippen molar-refractivity contribution in [1.29, 1.82) is 0 Å². The summed E-state index contributed by atoms with van der Waals surface area (Å²) in [4.78, 5) is 13.5. The third-order valence-corrected chi connectivity index (χ3v) is 5.88. The molecule has 2 aromatic carbocycles. The van der Waals surface area contributed by atoms with Crippen LogP contribution in [0, 0.1) is 0 Å². The number of benzene rings is 2. The van der Waals surface area contributed by atoms with Gasteiger partial charge in [0.25, 0.3) is 0 Å². The number of hydrogen-bond donors (Lipinski definition) is 1. The molecule has 29 heavy (non-hydrogen) atoms. The van der Waals surface area contributed by atoms with Crippen molar-refractivity contribution >= 4 is 17.0 Å². The Labute approximate surface area is 170 Å². The first-order chi connectivity index (χ1) is 14.4. The van der Waals surface area contributed by atoms with Gasteiger partial charge in [-0.2, -0.15) is 0 Å². The van der Waals surface area contributed by atoms with E-state index >= 15 is 0 Å². The molecule has 1 fully saturated rings. The Balaban J connectivity index is 1.39. The van der Waals surface area contributed by atoms with E-state index in [9.17, 15) is 0 Å². The van der Waals surface area contributed by atoms with Gasteiger partial charge in [-0.1, -0.05) is 61.7 Å². The molecule has 0 radical (unpaired) electrons. The van der Waals surface area contributed by atoms with Crippen LogP contribution in [0.2, 0.25) is 0 Å². The average Bonchev–Trinajstić information content (AvgIpc) is 3.24. The largest absolute Gasteiger partial charge is 0.364 e. The second-order valence-corrected chi connectivity index (χ2v) is 7.77. The van der Waals surface area contributed by atoms with Crippen molar-refractivity contribution in [3.8, 4) is 5.69 Å². The highest BCUT2D eigenvalue weighted by molar-refractivity contribution is 5.83. The van der Waals surface area contributed by atoms with E-state index in [1.807, 2.05) is 29.1 Å². The highest BCUT2D eigenvalue weighted by Crippen LogP contribution is 2.33. The fourth-order valence-corrected chi connectivity index (χ4v) is 4.28. The second-order valence-electron chi connectivity index (χ2n) is 7.77. The number of nitrogens with zero attached hydrogens (tertiary/aromatic N) is 4. The molecule has 1 N–H and O–H groups in total. The lowest BCUT2D eigenvalue weighted by atomic mass is 9.84. The number of rotatable bonds is 5. The topological polar surface area (TPSA) is 55.6 Å². The van der Waals surface area contributed by atoms with Crippen LogP contribution < -0.4 is 5.32 Å². The van der Waals surface area contributed by atoms with Crippen LogP contribution in [0.4, 0.5) is 5.82 Å². The van der Waals surface area contributed by atoms with E-state index < -0.39 is 0 Å². The van der Waals surface area contributed by atoms with E-state index in [4.69, 9.17) is 0 Å². The molecule has 0 unspecified atom stereocenters. The van der Waals surface area contributed by atoms with Crippen molar-refractivity contribution < 1.29 is 0 Å². The van der Waals surface area contributed by atoms with Gasteiger partial charge in [-0.3, -0.25) is 4.57 Å². The molecule has 5 rings (SSSR count). The summed E-state index contributed by atoms with van der Waals surface area (Å²) in [7, 11) is 0. The molecule has 5 heteroatoms. The summed E-state index contributed by atoms with van der Waals surface area (Å²) in [6.07, 6.45) is 10.2. The smallest absolute Gasteiger partial charge is 0.170 e. The van der Waals surface area contributed by atoms with E-state index in [2.05, 4.69) is 56.7 Å². The fraction of sp³-hybridized carbons (Fsp3) is 0.292. The lowest BCUT2D eigenvalue weighted by Crippen LogP contribution is -2.05. The molecule has 5 nitrogen and oxygen atoms in total. The van der Waals surface area contributed by atoms with Gasteiger partial charge >= 0.3 is 0 Å². The highest BCUT2D eigenvalue weighted by atomic mass is 15.1. The van der Waals surface area contributed by atoms with Crippen molar-refractivity contribution in [3.63, 3.8) is 0 Å². The average molecular weight is 383 g/mol. The van der Waals surface area contributed by atoms with Crippen LogP contribution in [0.25, 0.3) is 16.9 Å². The summed E-state index contributed by atoms with van der Waals surface area (Å²) in [5.74, 6) is 1.48. The van der Waals surface area contributed by atoms with Gasteiger partial charge < -0.3 is 5.32 Å². The van der Waals surface area contributed by atoms with E-state index in [1.165, 1.54) is 43.2 Å². The van der Waals surface area contributed by atoms with E-state index in [1.54, 1.807) is 6.33 Å². The Morgan fingerprint density at radius 2 is 1.66 bits per heavy atom. The zero-order valence-electron chi connectivity index (χ0n) is 16.5. The normalized spacial score (nSPS) is 14.9. The molecular formula is C24H25N5. The third-order valence-electron chi connectivity index (χ3n) is 5.88. The minimum absolute atomic E-state index is 0.704. The van der Waals surface area contributed by atoms with Crippen molar-refractivity contribution in [3.05, 3.63) is 78.4 Å². The summed E-state index contributed by atoms with van der Waals surface area (Å²) in [6, 6.07) is 19.2. The van der Waals surface area contributed by atoms with Crippen LogP contribution in [-0.2, 0) is 6.54 Å². The first-order valence-electron chi connectivity index (χ1n) is 10.4. The molecule has 0 aliphatic heterocycles. The Morgan fingerprint density at radius 3 is 2.45 bits per heavy atom. The number of anilines is 1. The SMILES string of the molecule is c1ccc(CNc2ncnc3c2ncn3-c2ccc(C3CCCCC3)cc2)cc1. The molecule has 4 aromatic rings. The maximum absolute atomic E-state index is 4.60. The molecule has 1 aliphatic carbocycles. The molecule has 1 saturated carbocycles. The van der Waals surface area contributed by atoms with Gasteiger partial charge in [-0.15, -0.1) is 0 Å². The molecular weight excluding hydrogens is 358 g/mol. The lowest BCUT2D eigenvalue weighted by Gasteiger charge is -2.22. The van der Waals surface area contributed by atoms with Gasteiger partial charge in [0, 0.05) is 12.2 Å². The van der Waals surface area contributed by atoms with Gasteiger partial charge in [-0.05, 0) is 42.0 Å².